The van der Waals surface area contributed by atoms with Crippen LogP contribution in [0.2, 0.25) is 0 Å². The van der Waals surface area contributed by atoms with Crippen LogP contribution in [0.5, 0.6) is 0 Å². The SMILES string of the molecule is CCCC[C@@H]1CN=C(N)N1CC(C)(C)C. The Labute approximate surface area is 93.7 Å². The van der Waals surface area contributed by atoms with E-state index in [0.29, 0.717) is 6.04 Å². The Hall–Kier alpha value is -0.730. The summed E-state index contributed by atoms with van der Waals surface area (Å²) < 4.78 is 0. The molecule has 88 valence electrons. The Morgan fingerprint density at radius 3 is 2.67 bits per heavy atom. The number of hydrogen-bond donors (Lipinski definition) is 1. The zero-order valence-corrected chi connectivity index (χ0v) is 10.6. The molecule has 0 amide bonds. The molecule has 0 saturated carbocycles. The summed E-state index contributed by atoms with van der Waals surface area (Å²) in [4.78, 5) is 6.64. The minimum Gasteiger partial charge on any atom is -0.370 e. The van der Waals surface area contributed by atoms with Crippen molar-refractivity contribution in [2.45, 2.75) is 53.0 Å². The first-order valence-electron chi connectivity index (χ1n) is 6.00. The number of aliphatic imine (C=N–C) groups is 1. The van der Waals surface area contributed by atoms with Gasteiger partial charge < -0.3 is 10.6 Å². The zero-order chi connectivity index (χ0) is 11.5. The van der Waals surface area contributed by atoms with Gasteiger partial charge in [-0.15, -0.1) is 0 Å². The van der Waals surface area contributed by atoms with Crippen LogP contribution in [-0.2, 0) is 0 Å². The lowest BCUT2D eigenvalue weighted by atomic mass is 9.95. The van der Waals surface area contributed by atoms with Crippen molar-refractivity contribution < 1.29 is 0 Å². The number of nitrogens with zero attached hydrogens (tertiary/aromatic N) is 2. The predicted octanol–water partition coefficient (Wildman–Crippen LogP) is 2.22. The van der Waals surface area contributed by atoms with Crippen molar-refractivity contribution >= 4 is 5.96 Å². The van der Waals surface area contributed by atoms with Crippen LogP contribution in [0, 0.1) is 5.41 Å². The number of guanidine groups is 1. The average Bonchev–Trinajstić information content (AvgIpc) is 2.43. The zero-order valence-electron chi connectivity index (χ0n) is 10.6. The van der Waals surface area contributed by atoms with Crippen LogP contribution in [0.15, 0.2) is 4.99 Å². The third-order valence-electron chi connectivity index (χ3n) is 2.73. The summed E-state index contributed by atoms with van der Waals surface area (Å²) in [6.07, 6.45) is 3.74. The van der Waals surface area contributed by atoms with E-state index >= 15 is 0 Å². The van der Waals surface area contributed by atoms with Crippen molar-refractivity contribution in [1.82, 2.24) is 4.90 Å². The molecule has 1 rings (SSSR count). The highest BCUT2D eigenvalue weighted by molar-refractivity contribution is 5.80. The van der Waals surface area contributed by atoms with E-state index in [9.17, 15) is 0 Å². The van der Waals surface area contributed by atoms with Crippen molar-refractivity contribution in [2.24, 2.45) is 16.1 Å². The van der Waals surface area contributed by atoms with Crippen molar-refractivity contribution in [3.05, 3.63) is 0 Å². The maximum absolute atomic E-state index is 5.92. The summed E-state index contributed by atoms with van der Waals surface area (Å²) in [6, 6.07) is 0.546. The molecule has 2 N–H and O–H groups in total. The van der Waals surface area contributed by atoms with Gasteiger partial charge in [0.2, 0.25) is 0 Å². The molecule has 0 aromatic rings. The highest BCUT2D eigenvalue weighted by Crippen LogP contribution is 2.22. The third-order valence-corrected chi connectivity index (χ3v) is 2.73. The number of hydrogen-bond acceptors (Lipinski definition) is 3. The third kappa shape index (κ3) is 3.73. The largest absolute Gasteiger partial charge is 0.370 e. The minimum atomic E-state index is 0.287. The molecule has 0 aromatic carbocycles. The van der Waals surface area contributed by atoms with E-state index in [1.54, 1.807) is 0 Å². The molecule has 3 nitrogen and oxygen atoms in total. The first kappa shape index (κ1) is 12.3. The molecule has 0 unspecified atom stereocenters. The summed E-state index contributed by atoms with van der Waals surface area (Å²) in [6.45, 7) is 10.9. The average molecular weight is 211 g/mol. The van der Waals surface area contributed by atoms with Crippen LogP contribution in [-0.4, -0.2) is 30.0 Å². The topological polar surface area (TPSA) is 41.6 Å². The second-order valence-corrected chi connectivity index (χ2v) is 5.68. The lowest BCUT2D eigenvalue weighted by Gasteiger charge is -2.32. The fourth-order valence-electron chi connectivity index (χ4n) is 1.98. The second kappa shape index (κ2) is 4.86. The Balaban J connectivity index is 2.53. The molecule has 3 heteroatoms. The summed E-state index contributed by atoms with van der Waals surface area (Å²) in [5, 5.41) is 0. The molecule has 1 aliphatic rings. The van der Waals surface area contributed by atoms with E-state index in [-0.39, 0.29) is 5.41 Å². The van der Waals surface area contributed by atoms with Gasteiger partial charge in [-0.2, -0.15) is 0 Å². The lowest BCUT2D eigenvalue weighted by molar-refractivity contribution is 0.228. The van der Waals surface area contributed by atoms with Crippen LogP contribution in [0.25, 0.3) is 0 Å². The molecule has 1 atom stereocenters. The van der Waals surface area contributed by atoms with Crippen LogP contribution in [0.4, 0.5) is 0 Å². The van der Waals surface area contributed by atoms with Crippen LogP contribution < -0.4 is 5.73 Å². The summed E-state index contributed by atoms with van der Waals surface area (Å²) >= 11 is 0. The van der Waals surface area contributed by atoms with E-state index in [1.807, 2.05) is 0 Å². The van der Waals surface area contributed by atoms with Gasteiger partial charge in [-0.1, -0.05) is 40.5 Å². The fraction of sp³-hybridized carbons (Fsp3) is 0.917. The Bertz CT molecular complexity index is 228. The lowest BCUT2D eigenvalue weighted by Crippen LogP contribution is -2.45. The molecule has 0 aromatic heterocycles. The molecular weight excluding hydrogens is 186 g/mol. The Kier molecular flexibility index (Phi) is 4.00. The van der Waals surface area contributed by atoms with E-state index < -0.39 is 0 Å². The molecule has 0 saturated heterocycles. The molecule has 0 spiro atoms. The van der Waals surface area contributed by atoms with Crippen molar-refractivity contribution in [3.8, 4) is 0 Å². The number of nitrogens with two attached hydrogens (primary N) is 1. The van der Waals surface area contributed by atoms with Crippen molar-refractivity contribution in [2.75, 3.05) is 13.1 Å². The standard InChI is InChI=1S/C12H25N3/c1-5-6-7-10-8-14-11(13)15(10)9-12(2,3)4/h10H,5-9H2,1-4H3,(H2,13,14)/t10-/m1/s1. The van der Waals surface area contributed by atoms with Gasteiger partial charge in [-0.3, -0.25) is 4.99 Å². The Morgan fingerprint density at radius 1 is 1.47 bits per heavy atom. The first-order valence-corrected chi connectivity index (χ1v) is 6.00. The molecule has 0 bridgehead atoms. The van der Waals surface area contributed by atoms with E-state index in [0.717, 1.165) is 19.0 Å². The quantitative estimate of drug-likeness (QED) is 0.774. The Morgan fingerprint density at radius 2 is 2.13 bits per heavy atom. The van der Waals surface area contributed by atoms with Crippen LogP contribution in [0.1, 0.15) is 47.0 Å². The van der Waals surface area contributed by atoms with Gasteiger partial charge in [0, 0.05) is 6.54 Å². The van der Waals surface area contributed by atoms with Gasteiger partial charge in [0.15, 0.2) is 5.96 Å². The maximum atomic E-state index is 5.92. The molecule has 15 heavy (non-hydrogen) atoms. The molecular formula is C12H25N3. The second-order valence-electron chi connectivity index (χ2n) is 5.68. The highest BCUT2D eigenvalue weighted by Gasteiger charge is 2.28. The van der Waals surface area contributed by atoms with E-state index in [4.69, 9.17) is 5.73 Å². The predicted molar refractivity (Wildman–Crippen MR) is 66.0 cm³/mol. The van der Waals surface area contributed by atoms with Crippen molar-refractivity contribution in [1.29, 1.82) is 0 Å². The molecule has 1 heterocycles. The van der Waals surface area contributed by atoms with Gasteiger partial charge in [0.1, 0.15) is 0 Å². The number of rotatable bonds is 4. The van der Waals surface area contributed by atoms with E-state index in [2.05, 4.69) is 37.6 Å². The van der Waals surface area contributed by atoms with Gasteiger partial charge >= 0.3 is 0 Å². The van der Waals surface area contributed by atoms with Gasteiger partial charge in [-0.05, 0) is 11.8 Å². The van der Waals surface area contributed by atoms with Gasteiger partial charge in [0.25, 0.3) is 0 Å². The van der Waals surface area contributed by atoms with Crippen LogP contribution >= 0.6 is 0 Å². The van der Waals surface area contributed by atoms with Gasteiger partial charge in [0.05, 0.1) is 12.6 Å². The minimum absolute atomic E-state index is 0.287. The van der Waals surface area contributed by atoms with Crippen LogP contribution in [0.3, 0.4) is 0 Å². The smallest absolute Gasteiger partial charge is 0.191 e. The highest BCUT2D eigenvalue weighted by atomic mass is 15.3. The summed E-state index contributed by atoms with van der Waals surface area (Å²) in [5.41, 5.74) is 6.21. The summed E-state index contributed by atoms with van der Waals surface area (Å²) in [7, 11) is 0. The molecule has 0 aliphatic carbocycles. The molecule has 0 radical (unpaired) electrons. The maximum Gasteiger partial charge on any atom is 0.191 e. The normalized spacial score (nSPS) is 22.0. The van der Waals surface area contributed by atoms with Crippen molar-refractivity contribution in [3.63, 3.8) is 0 Å². The first-order chi connectivity index (χ1) is 6.94. The molecule has 0 fully saturated rings. The van der Waals surface area contributed by atoms with E-state index in [1.165, 1.54) is 19.3 Å². The van der Waals surface area contributed by atoms with Gasteiger partial charge in [-0.25, -0.2) is 0 Å². The number of unbranched alkanes of at least 4 members (excludes halogenated alkanes) is 1. The fourth-order valence-corrected chi connectivity index (χ4v) is 1.98. The summed E-state index contributed by atoms with van der Waals surface area (Å²) in [5.74, 6) is 0.742. The monoisotopic (exact) mass is 211 g/mol. The molecule has 1 aliphatic heterocycles.